The molecule has 0 spiro atoms. The maximum absolute atomic E-state index is 13.5. The highest BCUT2D eigenvalue weighted by molar-refractivity contribution is 6.07. The summed E-state index contributed by atoms with van der Waals surface area (Å²) in [6, 6.07) is 10.3. The zero-order valence-electron chi connectivity index (χ0n) is 22.1. The molecule has 1 fully saturated rings. The van der Waals surface area contributed by atoms with E-state index in [0.29, 0.717) is 48.6 Å². The summed E-state index contributed by atoms with van der Waals surface area (Å²) in [5.74, 6) is 0.0119. The zero-order valence-corrected chi connectivity index (χ0v) is 22.1. The molecule has 1 unspecified atom stereocenters. The summed E-state index contributed by atoms with van der Waals surface area (Å²) >= 11 is 0. The summed E-state index contributed by atoms with van der Waals surface area (Å²) < 4.78 is 51.5. The van der Waals surface area contributed by atoms with Crippen molar-refractivity contribution in [1.82, 2.24) is 10.2 Å². The molecule has 1 aliphatic heterocycles. The van der Waals surface area contributed by atoms with Crippen molar-refractivity contribution in [1.29, 1.82) is 0 Å². The number of unbranched alkanes of at least 4 members (excludes halogenated alkanes) is 1. The number of nitrogens with one attached hydrogen (secondary N) is 1. The Morgan fingerprint density at radius 3 is 2.38 bits per heavy atom. The van der Waals surface area contributed by atoms with Gasteiger partial charge >= 0.3 is 17.8 Å². The lowest BCUT2D eigenvalue weighted by Gasteiger charge is -2.22. The number of nitrogens with zero attached hydrogens (tertiary/aromatic N) is 1. The lowest BCUT2D eigenvalue weighted by molar-refractivity contribution is -0.136. The van der Waals surface area contributed by atoms with E-state index in [1.54, 1.807) is 6.92 Å². The van der Waals surface area contributed by atoms with Crippen LogP contribution in [0.15, 0.2) is 51.7 Å². The Labute approximate surface area is 223 Å². The van der Waals surface area contributed by atoms with Gasteiger partial charge in [-0.1, -0.05) is 44.5 Å². The molecule has 3 amide bonds. The number of rotatable bonds is 10. The van der Waals surface area contributed by atoms with Gasteiger partial charge in [0.1, 0.15) is 16.9 Å². The standard InChI is InChI=1S/C29H31F3N2O5/c1-4-8-21-23(14-13-20-22(29(30,31)32)17-24(35)39-25(20)21)38-16-7-6-15-34-26(36)28(3,33-27(34)37)19-11-9-18(5-2)10-12-19/h9-14,17H,4-8,15-16H2,1-3H3,(H,33,37). The third-order valence-corrected chi connectivity index (χ3v) is 7.03. The SMILES string of the molecule is CCCc1c(OCCCCN2C(=O)NC(C)(c3ccc(CC)cc3)C2=O)ccc2c(C(F)(F)F)cc(=O)oc12. The smallest absolute Gasteiger partial charge is 0.417 e. The average Bonchev–Trinajstić information content (AvgIpc) is 3.12. The van der Waals surface area contributed by atoms with Gasteiger partial charge in [0, 0.05) is 23.6 Å². The molecule has 1 saturated heterocycles. The highest BCUT2D eigenvalue weighted by atomic mass is 19.4. The number of fused-ring (bicyclic) bond motifs is 1. The van der Waals surface area contributed by atoms with Gasteiger partial charge in [-0.2, -0.15) is 13.2 Å². The molecule has 39 heavy (non-hydrogen) atoms. The van der Waals surface area contributed by atoms with Gasteiger partial charge in [0.25, 0.3) is 5.91 Å². The molecule has 1 aliphatic rings. The molecule has 1 N–H and O–H groups in total. The second kappa shape index (κ2) is 11.1. The number of hydrogen-bond acceptors (Lipinski definition) is 5. The van der Waals surface area contributed by atoms with E-state index in [9.17, 15) is 27.6 Å². The minimum atomic E-state index is -4.70. The molecule has 2 aromatic carbocycles. The van der Waals surface area contributed by atoms with E-state index in [0.717, 1.165) is 12.0 Å². The van der Waals surface area contributed by atoms with Crippen LogP contribution in [0.2, 0.25) is 0 Å². The monoisotopic (exact) mass is 544 g/mol. The van der Waals surface area contributed by atoms with Gasteiger partial charge in [0.05, 0.1) is 12.2 Å². The maximum Gasteiger partial charge on any atom is 0.417 e. The molecule has 208 valence electrons. The van der Waals surface area contributed by atoms with E-state index in [4.69, 9.17) is 9.15 Å². The third-order valence-electron chi connectivity index (χ3n) is 7.03. The number of halogens is 3. The van der Waals surface area contributed by atoms with Gasteiger partial charge in [0.2, 0.25) is 0 Å². The number of alkyl halides is 3. The fraction of sp³-hybridized carbons (Fsp3) is 0.414. The van der Waals surface area contributed by atoms with Gasteiger partial charge in [-0.15, -0.1) is 0 Å². The molecular formula is C29H31F3N2O5. The largest absolute Gasteiger partial charge is 0.493 e. The highest BCUT2D eigenvalue weighted by Gasteiger charge is 2.48. The molecule has 0 aliphatic carbocycles. The number of imide groups is 1. The maximum atomic E-state index is 13.5. The van der Waals surface area contributed by atoms with Crippen LogP contribution in [0.1, 0.15) is 62.3 Å². The predicted molar refractivity (Wildman–Crippen MR) is 140 cm³/mol. The Hall–Kier alpha value is -3.82. The summed E-state index contributed by atoms with van der Waals surface area (Å²) in [5, 5.41) is 2.61. The lowest BCUT2D eigenvalue weighted by Crippen LogP contribution is -2.41. The minimum absolute atomic E-state index is 0.125. The van der Waals surface area contributed by atoms with Crippen molar-refractivity contribution in [3.05, 3.63) is 75.1 Å². The number of carbonyl (C=O) groups is 2. The fourth-order valence-electron chi connectivity index (χ4n) is 4.84. The number of amides is 3. The second-order valence-electron chi connectivity index (χ2n) is 9.76. The van der Waals surface area contributed by atoms with E-state index < -0.39 is 28.9 Å². The summed E-state index contributed by atoms with van der Waals surface area (Å²) in [6.45, 7) is 5.98. The summed E-state index contributed by atoms with van der Waals surface area (Å²) in [4.78, 5) is 38.8. The summed E-state index contributed by atoms with van der Waals surface area (Å²) in [5.41, 5.74) is -1.14. The first-order valence-electron chi connectivity index (χ1n) is 13.0. The molecule has 7 nitrogen and oxygen atoms in total. The molecule has 1 atom stereocenters. The fourth-order valence-corrected chi connectivity index (χ4v) is 4.84. The first-order chi connectivity index (χ1) is 18.5. The van der Waals surface area contributed by atoms with Gasteiger partial charge < -0.3 is 14.5 Å². The first kappa shape index (κ1) is 28.2. The van der Waals surface area contributed by atoms with Gasteiger partial charge in [-0.25, -0.2) is 9.59 Å². The Bertz CT molecular complexity index is 1430. The van der Waals surface area contributed by atoms with Crippen LogP contribution in [0, 0.1) is 0 Å². The van der Waals surface area contributed by atoms with Crippen molar-refractivity contribution < 1.29 is 31.9 Å². The lowest BCUT2D eigenvalue weighted by atomic mass is 9.91. The molecule has 4 rings (SSSR count). The van der Waals surface area contributed by atoms with Crippen LogP contribution in [0.25, 0.3) is 11.0 Å². The molecule has 0 radical (unpaired) electrons. The average molecular weight is 545 g/mol. The van der Waals surface area contributed by atoms with Crippen molar-refractivity contribution >= 4 is 22.9 Å². The van der Waals surface area contributed by atoms with Crippen molar-refractivity contribution in [2.75, 3.05) is 13.2 Å². The van der Waals surface area contributed by atoms with Crippen LogP contribution >= 0.6 is 0 Å². The van der Waals surface area contributed by atoms with E-state index in [1.807, 2.05) is 38.1 Å². The number of aryl methyl sites for hydroxylation is 2. The van der Waals surface area contributed by atoms with Crippen molar-refractivity contribution in [3.8, 4) is 5.75 Å². The summed E-state index contributed by atoms with van der Waals surface area (Å²) in [7, 11) is 0. The number of carbonyl (C=O) groups excluding carboxylic acids is 2. The number of hydrogen-bond donors (Lipinski definition) is 1. The first-order valence-corrected chi connectivity index (χ1v) is 13.0. The van der Waals surface area contributed by atoms with Crippen molar-refractivity contribution in [3.63, 3.8) is 0 Å². The van der Waals surface area contributed by atoms with Crippen molar-refractivity contribution in [2.45, 2.75) is 64.6 Å². The Morgan fingerprint density at radius 2 is 1.74 bits per heavy atom. The highest BCUT2D eigenvalue weighted by Crippen LogP contribution is 2.37. The van der Waals surface area contributed by atoms with Gasteiger partial charge in [0.15, 0.2) is 0 Å². The molecular weight excluding hydrogens is 513 g/mol. The van der Waals surface area contributed by atoms with Gasteiger partial charge in [-0.05, 0) is 55.9 Å². The van der Waals surface area contributed by atoms with Crippen LogP contribution in [0.4, 0.5) is 18.0 Å². The Balaban J connectivity index is 1.41. The molecule has 3 aromatic rings. The number of benzene rings is 2. The molecule has 1 aromatic heterocycles. The Morgan fingerprint density at radius 1 is 1.03 bits per heavy atom. The Kier molecular flexibility index (Phi) is 8.04. The normalized spacial score (nSPS) is 17.6. The van der Waals surface area contributed by atoms with E-state index in [1.165, 1.54) is 17.0 Å². The van der Waals surface area contributed by atoms with Crippen LogP contribution in [0.3, 0.4) is 0 Å². The topological polar surface area (TPSA) is 88.9 Å². The van der Waals surface area contributed by atoms with Crippen LogP contribution in [0.5, 0.6) is 5.75 Å². The van der Waals surface area contributed by atoms with Crippen LogP contribution in [-0.2, 0) is 29.4 Å². The molecule has 0 saturated carbocycles. The van der Waals surface area contributed by atoms with Crippen LogP contribution < -0.4 is 15.7 Å². The van der Waals surface area contributed by atoms with E-state index in [2.05, 4.69) is 5.32 Å². The third kappa shape index (κ3) is 5.65. The van der Waals surface area contributed by atoms with Crippen molar-refractivity contribution in [2.24, 2.45) is 0 Å². The molecule has 2 heterocycles. The van der Waals surface area contributed by atoms with E-state index >= 15 is 0 Å². The molecule has 10 heteroatoms. The second-order valence-corrected chi connectivity index (χ2v) is 9.76. The van der Waals surface area contributed by atoms with Gasteiger partial charge in [-0.3, -0.25) is 9.69 Å². The summed E-state index contributed by atoms with van der Waals surface area (Å²) in [6.07, 6.45) is -1.93. The molecule has 0 bridgehead atoms. The van der Waals surface area contributed by atoms with E-state index in [-0.39, 0.29) is 30.0 Å². The predicted octanol–water partition coefficient (Wildman–Crippen LogP) is 5.95. The zero-order chi connectivity index (χ0) is 28.4. The quantitative estimate of drug-likeness (QED) is 0.194. The van der Waals surface area contributed by atoms with Crippen LogP contribution in [-0.4, -0.2) is 30.0 Å². The number of ether oxygens (including phenoxy) is 1. The minimum Gasteiger partial charge on any atom is -0.493 e. The number of urea groups is 1.